The van der Waals surface area contributed by atoms with Crippen LogP contribution in [0.15, 0.2) is 36.4 Å². The first-order valence-corrected chi connectivity index (χ1v) is 8.60. The van der Waals surface area contributed by atoms with Crippen LogP contribution < -0.4 is 16.0 Å². The molecule has 2 aromatic carbocycles. The van der Waals surface area contributed by atoms with E-state index >= 15 is 0 Å². The molecule has 25 heavy (non-hydrogen) atoms. The van der Waals surface area contributed by atoms with Gasteiger partial charge in [-0.2, -0.15) is 0 Å². The molecule has 0 saturated carbocycles. The van der Waals surface area contributed by atoms with Crippen LogP contribution in [0.4, 0.5) is 11.4 Å². The highest BCUT2D eigenvalue weighted by Gasteiger charge is 2.09. The van der Waals surface area contributed by atoms with Gasteiger partial charge in [0.2, 0.25) is 5.91 Å². The van der Waals surface area contributed by atoms with Crippen molar-refractivity contribution >= 4 is 58.0 Å². The van der Waals surface area contributed by atoms with Gasteiger partial charge < -0.3 is 16.0 Å². The minimum Gasteiger partial charge on any atom is -0.375 e. The molecule has 5 nitrogen and oxygen atoms in total. The molecular weight excluding hydrogens is 385 g/mol. The lowest BCUT2D eigenvalue weighted by Gasteiger charge is -2.11. The van der Waals surface area contributed by atoms with Crippen molar-refractivity contribution in [2.45, 2.75) is 6.92 Å². The lowest BCUT2D eigenvalue weighted by Crippen LogP contribution is -2.24. The summed E-state index contributed by atoms with van der Waals surface area (Å²) in [6, 6.07) is 9.73. The normalized spacial score (nSPS) is 10.2. The fourth-order valence-electron chi connectivity index (χ4n) is 2.04. The van der Waals surface area contributed by atoms with Gasteiger partial charge >= 0.3 is 0 Å². The van der Waals surface area contributed by atoms with Crippen molar-refractivity contribution in [2.24, 2.45) is 0 Å². The van der Waals surface area contributed by atoms with E-state index in [0.29, 0.717) is 38.6 Å². The maximum Gasteiger partial charge on any atom is 0.251 e. The van der Waals surface area contributed by atoms with E-state index in [-0.39, 0.29) is 18.4 Å². The van der Waals surface area contributed by atoms with Gasteiger partial charge in [0.15, 0.2) is 0 Å². The van der Waals surface area contributed by atoms with Crippen LogP contribution in [-0.4, -0.2) is 24.9 Å². The molecule has 0 aliphatic rings. The van der Waals surface area contributed by atoms with Gasteiger partial charge in [-0.3, -0.25) is 9.59 Å². The number of carbonyl (C=O) groups is 2. The van der Waals surface area contributed by atoms with Crippen LogP contribution in [0.25, 0.3) is 0 Å². The van der Waals surface area contributed by atoms with Crippen LogP contribution >= 0.6 is 34.8 Å². The van der Waals surface area contributed by atoms with Gasteiger partial charge in [-0.1, -0.05) is 40.9 Å². The molecule has 2 amide bonds. The molecule has 0 radical (unpaired) electrons. The Labute approximate surface area is 160 Å². The molecule has 0 saturated heterocycles. The maximum atomic E-state index is 12.1. The van der Waals surface area contributed by atoms with Gasteiger partial charge in [0.05, 0.1) is 27.3 Å². The van der Waals surface area contributed by atoms with E-state index in [1.54, 1.807) is 30.3 Å². The number of anilines is 2. The predicted molar refractivity (Wildman–Crippen MR) is 103 cm³/mol. The van der Waals surface area contributed by atoms with Crippen molar-refractivity contribution in [1.82, 2.24) is 5.32 Å². The Bertz CT molecular complexity index is 797. The zero-order valence-corrected chi connectivity index (χ0v) is 15.6. The van der Waals surface area contributed by atoms with E-state index in [4.69, 9.17) is 34.8 Å². The van der Waals surface area contributed by atoms with Crippen LogP contribution in [0.3, 0.4) is 0 Å². The van der Waals surface area contributed by atoms with Crippen LogP contribution in [-0.2, 0) is 4.79 Å². The SMILES string of the molecule is CCNC(=O)c1cccc(NC(=O)CNc2cc(Cl)c(Cl)cc2Cl)c1. The summed E-state index contributed by atoms with van der Waals surface area (Å²) in [5.74, 6) is -0.491. The fraction of sp³-hybridized carbons (Fsp3) is 0.176. The molecule has 0 aliphatic heterocycles. The molecule has 0 atom stereocenters. The molecule has 0 aliphatic carbocycles. The molecular formula is C17H16Cl3N3O2. The molecule has 132 valence electrons. The van der Waals surface area contributed by atoms with E-state index in [1.165, 1.54) is 6.07 Å². The summed E-state index contributed by atoms with van der Waals surface area (Å²) in [4.78, 5) is 23.9. The quantitative estimate of drug-likeness (QED) is 0.628. The largest absolute Gasteiger partial charge is 0.375 e. The van der Waals surface area contributed by atoms with Crippen LogP contribution in [0.2, 0.25) is 15.1 Å². The zero-order valence-electron chi connectivity index (χ0n) is 13.3. The summed E-state index contributed by atoms with van der Waals surface area (Å²) in [5.41, 5.74) is 1.50. The standard InChI is InChI=1S/C17H16Cl3N3O2/c1-2-21-17(25)10-4-3-5-11(6-10)23-16(24)9-22-15-8-13(19)12(18)7-14(15)20/h3-8,22H,2,9H2,1H3,(H,21,25)(H,23,24). The maximum absolute atomic E-state index is 12.1. The summed E-state index contributed by atoms with van der Waals surface area (Å²) in [7, 11) is 0. The number of hydrogen-bond donors (Lipinski definition) is 3. The van der Waals surface area contributed by atoms with Crippen molar-refractivity contribution in [3.8, 4) is 0 Å². The number of hydrogen-bond acceptors (Lipinski definition) is 3. The molecule has 0 spiro atoms. The second kappa shape index (κ2) is 8.94. The van der Waals surface area contributed by atoms with Crippen molar-refractivity contribution in [3.05, 3.63) is 57.0 Å². The second-order valence-electron chi connectivity index (χ2n) is 5.09. The topological polar surface area (TPSA) is 70.2 Å². The minimum absolute atomic E-state index is 0.0247. The van der Waals surface area contributed by atoms with Crippen molar-refractivity contribution < 1.29 is 9.59 Å². The van der Waals surface area contributed by atoms with Crippen LogP contribution in [0.5, 0.6) is 0 Å². The van der Waals surface area contributed by atoms with Gasteiger partial charge in [-0.25, -0.2) is 0 Å². The van der Waals surface area contributed by atoms with Gasteiger partial charge in [0.25, 0.3) is 5.91 Å². The second-order valence-corrected chi connectivity index (χ2v) is 6.31. The van der Waals surface area contributed by atoms with E-state index in [9.17, 15) is 9.59 Å². The van der Waals surface area contributed by atoms with E-state index in [0.717, 1.165) is 0 Å². The van der Waals surface area contributed by atoms with Crippen molar-refractivity contribution in [3.63, 3.8) is 0 Å². The van der Waals surface area contributed by atoms with Crippen LogP contribution in [0.1, 0.15) is 17.3 Å². The number of carbonyl (C=O) groups excluding carboxylic acids is 2. The summed E-state index contributed by atoms with van der Waals surface area (Å²) >= 11 is 17.8. The molecule has 0 unspecified atom stereocenters. The summed E-state index contributed by atoms with van der Waals surface area (Å²) < 4.78 is 0. The molecule has 0 bridgehead atoms. The number of amides is 2. The average Bonchev–Trinajstić information content (AvgIpc) is 2.57. The molecule has 8 heteroatoms. The van der Waals surface area contributed by atoms with Gasteiger partial charge in [-0.05, 0) is 37.3 Å². The Morgan fingerprint density at radius 2 is 1.72 bits per heavy atom. The highest BCUT2D eigenvalue weighted by Crippen LogP contribution is 2.32. The monoisotopic (exact) mass is 399 g/mol. The van der Waals surface area contributed by atoms with Gasteiger partial charge in [0.1, 0.15) is 0 Å². The average molecular weight is 401 g/mol. The van der Waals surface area contributed by atoms with Gasteiger partial charge in [-0.15, -0.1) is 0 Å². The Morgan fingerprint density at radius 1 is 1.00 bits per heavy atom. The van der Waals surface area contributed by atoms with E-state index in [1.807, 2.05) is 6.92 Å². The molecule has 3 N–H and O–H groups in total. The molecule has 0 heterocycles. The number of benzene rings is 2. The fourth-order valence-corrected chi connectivity index (χ4v) is 2.65. The summed E-state index contributed by atoms with van der Waals surface area (Å²) in [6.45, 7) is 2.34. The number of halogens is 3. The van der Waals surface area contributed by atoms with Gasteiger partial charge in [0, 0.05) is 17.8 Å². The first-order valence-electron chi connectivity index (χ1n) is 7.47. The zero-order chi connectivity index (χ0) is 18.4. The van der Waals surface area contributed by atoms with E-state index in [2.05, 4.69) is 16.0 Å². The highest BCUT2D eigenvalue weighted by atomic mass is 35.5. The third-order valence-corrected chi connectivity index (χ3v) is 4.23. The molecule has 0 fully saturated rings. The smallest absolute Gasteiger partial charge is 0.251 e. The lowest BCUT2D eigenvalue weighted by atomic mass is 10.2. The first-order chi connectivity index (χ1) is 11.9. The Hall–Kier alpha value is -1.95. The molecule has 2 rings (SSSR count). The van der Waals surface area contributed by atoms with Crippen molar-refractivity contribution in [2.75, 3.05) is 23.7 Å². The Kier molecular flexibility index (Phi) is 6.93. The first kappa shape index (κ1) is 19.4. The number of rotatable bonds is 6. The third kappa shape index (κ3) is 5.53. The Balaban J connectivity index is 1.98. The lowest BCUT2D eigenvalue weighted by molar-refractivity contribution is -0.114. The predicted octanol–water partition coefficient (Wildman–Crippen LogP) is 4.45. The molecule has 0 aromatic heterocycles. The summed E-state index contributed by atoms with van der Waals surface area (Å²) in [5, 5.41) is 9.34. The minimum atomic E-state index is -0.296. The third-order valence-electron chi connectivity index (χ3n) is 3.20. The number of nitrogens with one attached hydrogen (secondary N) is 3. The van der Waals surface area contributed by atoms with Crippen molar-refractivity contribution in [1.29, 1.82) is 0 Å². The molecule has 2 aromatic rings. The summed E-state index contributed by atoms with van der Waals surface area (Å²) in [6.07, 6.45) is 0. The van der Waals surface area contributed by atoms with E-state index < -0.39 is 0 Å². The Morgan fingerprint density at radius 3 is 2.44 bits per heavy atom. The van der Waals surface area contributed by atoms with Crippen LogP contribution in [0, 0.1) is 0 Å². The highest BCUT2D eigenvalue weighted by molar-refractivity contribution is 6.44.